The van der Waals surface area contributed by atoms with Crippen LogP contribution in [0.5, 0.6) is 0 Å². The smallest absolute Gasteiger partial charge is 0.239 e. The molecule has 134 valence electrons. The van der Waals surface area contributed by atoms with Crippen molar-refractivity contribution in [3.8, 4) is 0 Å². The highest BCUT2D eigenvalue weighted by Crippen LogP contribution is 2.30. The van der Waals surface area contributed by atoms with Crippen LogP contribution in [0, 0.1) is 11.7 Å². The number of carbonyl (C=O) groups excluding carboxylic acids is 1. The van der Waals surface area contributed by atoms with E-state index in [2.05, 4.69) is 10.2 Å². The van der Waals surface area contributed by atoms with E-state index in [1.807, 2.05) is 16.8 Å². The molecule has 0 aliphatic carbocycles. The first kappa shape index (κ1) is 16.6. The standard InChI is InChI=1S/C20H26FN3O/c21-17-7-6-15-8-11-24(19(15)12-17)14-20(25)22-13-16-4-3-10-23-9-2-1-5-18(16)23/h6-8,11-12,16,18H,1-5,9-10,13-14H2,(H,22,25)/t16-,18-/m0/s1. The minimum absolute atomic E-state index is 0.00898. The maximum Gasteiger partial charge on any atom is 0.239 e. The molecule has 1 aromatic carbocycles. The maximum absolute atomic E-state index is 13.5. The number of carbonyl (C=O) groups is 1. The third-order valence-electron chi connectivity index (χ3n) is 5.84. The highest BCUT2D eigenvalue weighted by Gasteiger charge is 2.32. The van der Waals surface area contributed by atoms with Gasteiger partial charge in [0.1, 0.15) is 12.4 Å². The monoisotopic (exact) mass is 343 g/mol. The zero-order valence-corrected chi connectivity index (χ0v) is 14.6. The van der Waals surface area contributed by atoms with E-state index in [0.717, 1.165) is 17.4 Å². The average Bonchev–Trinajstić information content (AvgIpc) is 3.02. The van der Waals surface area contributed by atoms with Gasteiger partial charge < -0.3 is 14.8 Å². The molecule has 25 heavy (non-hydrogen) atoms. The van der Waals surface area contributed by atoms with Gasteiger partial charge in [0.2, 0.25) is 5.91 Å². The third kappa shape index (κ3) is 3.56. The van der Waals surface area contributed by atoms with E-state index in [4.69, 9.17) is 0 Å². The molecule has 0 spiro atoms. The van der Waals surface area contributed by atoms with Gasteiger partial charge in [-0.05, 0) is 74.3 Å². The summed E-state index contributed by atoms with van der Waals surface area (Å²) in [4.78, 5) is 15.0. The van der Waals surface area contributed by atoms with Crippen LogP contribution in [0.15, 0.2) is 30.5 Å². The van der Waals surface area contributed by atoms with Gasteiger partial charge in [-0.1, -0.05) is 6.42 Å². The Labute approximate surface area is 148 Å². The minimum Gasteiger partial charge on any atom is -0.354 e. The zero-order valence-electron chi connectivity index (χ0n) is 14.6. The summed E-state index contributed by atoms with van der Waals surface area (Å²) in [6.07, 6.45) is 8.19. The van der Waals surface area contributed by atoms with Gasteiger partial charge in [-0.3, -0.25) is 4.79 Å². The third-order valence-corrected chi connectivity index (χ3v) is 5.84. The molecule has 3 heterocycles. The molecule has 0 unspecified atom stereocenters. The average molecular weight is 343 g/mol. The molecule has 2 atom stereocenters. The van der Waals surface area contributed by atoms with Crippen molar-refractivity contribution in [3.05, 3.63) is 36.3 Å². The fraction of sp³-hybridized carbons (Fsp3) is 0.550. The molecule has 2 aromatic rings. The molecule has 2 aliphatic rings. The first-order chi connectivity index (χ1) is 12.2. The number of benzene rings is 1. The first-order valence-corrected chi connectivity index (χ1v) is 9.46. The topological polar surface area (TPSA) is 37.3 Å². The van der Waals surface area contributed by atoms with Gasteiger partial charge in [0.15, 0.2) is 0 Å². The van der Waals surface area contributed by atoms with Crippen LogP contribution in [-0.4, -0.2) is 41.1 Å². The zero-order chi connectivity index (χ0) is 17.2. The van der Waals surface area contributed by atoms with Crippen LogP contribution in [0.2, 0.25) is 0 Å². The molecule has 2 saturated heterocycles. The first-order valence-electron chi connectivity index (χ1n) is 9.46. The van der Waals surface area contributed by atoms with Crippen molar-refractivity contribution in [2.24, 2.45) is 5.92 Å². The van der Waals surface area contributed by atoms with Gasteiger partial charge in [-0.2, -0.15) is 0 Å². The molecule has 0 radical (unpaired) electrons. The Morgan fingerprint density at radius 1 is 1.16 bits per heavy atom. The molecular weight excluding hydrogens is 317 g/mol. The van der Waals surface area contributed by atoms with Crippen molar-refractivity contribution < 1.29 is 9.18 Å². The number of piperidine rings is 2. The molecular formula is C20H26FN3O. The van der Waals surface area contributed by atoms with Crippen LogP contribution in [0.25, 0.3) is 10.9 Å². The predicted molar refractivity (Wildman–Crippen MR) is 96.8 cm³/mol. The summed E-state index contributed by atoms with van der Waals surface area (Å²) < 4.78 is 15.3. The van der Waals surface area contributed by atoms with Crippen molar-refractivity contribution in [3.63, 3.8) is 0 Å². The highest BCUT2D eigenvalue weighted by molar-refractivity contribution is 5.83. The number of nitrogens with zero attached hydrogens (tertiary/aromatic N) is 2. The van der Waals surface area contributed by atoms with Crippen LogP contribution < -0.4 is 5.32 Å². The Balaban J connectivity index is 1.36. The van der Waals surface area contributed by atoms with Gasteiger partial charge in [0.05, 0.1) is 5.52 Å². The Hall–Kier alpha value is -1.88. The van der Waals surface area contributed by atoms with Gasteiger partial charge in [0.25, 0.3) is 0 Å². The van der Waals surface area contributed by atoms with E-state index >= 15 is 0 Å². The highest BCUT2D eigenvalue weighted by atomic mass is 19.1. The number of halogens is 1. The number of hydrogen-bond acceptors (Lipinski definition) is 2. The summed E-state index contributed by atoms with van der Waals surface area (Å²) in [5, 5.41) is 4.08. The summed E-state index contributed by atoms with van der Waals surface area (Å²) in [6.45, 7) is 3.44. The van der Waals surface area contributed by atoms with Crippen molar-refractivity contribution in [2.45, 2.75) is 44.7 Å². The summed E-state index contributed by atoms with van der Waals surface area (Å²) in [7, 11) is 0. The van der Waals surface area contributed by atoms with Crippen LogP contribution >= 0.6 is 0 Å². The summed E-state index contributed by atoms with van der Waals surface area (Å²) in [6, 6.07) is 7.25. The van der Waals surface area contributed by atoms with Crippen molar-refractivity contribution in [1.82, 2.24) is 14.8 Å². The lowest BCUT2D eigenvalue weighted by Gasteiger charge is -2.44. The number of fused-ring (bicyclic) bond motifs is 2. The second-order valence-corrected chi connectivity index (χ2v) is 7.45. The SMILES string of the molecule is O=C(Cn1ccc2ccc(F)cc21)NC[C@@H]1CCCN2CCCC[C@@H]12. The van der Waals surface area contributed by atoms with Gasteiger partial charge in [-0.15, -0.1) is 0 Å². The van der Waals surface area contributed by atoms with E-state index in [0.29, 0.717) is 12.0 Å². The van der Waals surface area contributed by atoms with Crippen molar-refractivity contribution >= 4 is 16.8 Å². The normalized spacial score (nSPS) is 24.2. The van der Waals surface area contributed by atoms with E-state index in [1.165, 1.54) is 57.3 Å². The number of aromatic nitrogens is 1. The van der Waals surface area contributed by atoms with Crippen LogP contribution in [0.4, 0.5) is 4.39 Å². The van der Waals surface area contributed by atoms with Crippen molar-refractivity contribution in [2.75, 3.05) is 19.6 Å². The molecule has 2 fully saturated rings. The Morgan fingerprint density at radius 2 is 2.04 bits per heavy atom. The number of nitrogens with one attached hydrogen (secondary N) is 1. The van der Waals surface area contributed by atoms with Crippen LogP contribution in [0.1, 0.15) is 32.1 Å². The van der Waals surface area contributed by atoms with Crippen molar-refractivity contribution in [1.29, 1.82) is 0 Å². The van der Waals surface area contributed by atoms with E-state index < -0.39 is 0 Å². The molecule has 4 rings (SSSR count). The summed E-state index contributed by atoms with van der Waals surface area (Å²) in [5.74, 6) is 0.305. The van der Waals surface area contributed by atoms with Crippen LogP contribution in [-0.2, 0) is 11.3 Å². The lowest BCUT2D eigenvalue weighted by atomic mass is 9.83. The maximum atomic E-state index is 13.5. The number of hydrogen-bond donors (Lipinski definition) is 1. The number of rotatable bonds is 4. The molecule has 1 N–H and O–H groups in total. The van der Waals surface area contributed by atoms with E-state index in [9.17, 15) is 9.18 Å². The minimum atomic E-state index is -0.271. The van der Waals surface area contributed by atoms with E-state index in [1.54, 1.807) is 6.07 Å². The van der Waals surface area contributed by atoms with Gasteiger partial charge >= 0.3 is 0 Å². The molecule has 1 amide bonds. The molecule has 5 heteroatoms. The lowest BCUT2D eigenvalue weighted by Crippen LogP contribution is -2.51. The Morgan fingerprint density at radius 3 is 2.96 bits per heavy atom. The fourth-order valence-corrected chi connectivity index (χ4v) is 4.57. The van der Waals surface area contributed by atoms with Gasteiger partial charge in [0, 0.05) is 18.8 Å². The Kier molecular flexibility index (Phi) is 4.75. The Bertz CT molecular complexity index is 754. The molecule has 0 saturated carbocycles. The fourth-order valence-electron chi connectivity index (χ4n) is 4.57. The number of amides is 1. The quantitative estimate of drug-likeness (QED) is 0.926. The van der Waals surface area contributed by atoms with E-state index in [-0.39, 0.29) is 18.3 Å². The molecule has 0 bridgehead atoms. The molecule has 1 aromatic heterocycles. The molecule has 4 nitrogen and oxygen atoms in total. The largest absolute Gasteiger partial charge is 0.354 e. The summed E-state index contributed by atoms with van der Waals surface area (Å²) >= 11 is 0. The van der Waals surface area contributed by atoms with Gasteiger partial charge in [-0.25, -0.2) is 4.39 Å². The lowest BCUT2D eigenvalue weighted by molar-refractivity contribution is -0.122. The molecule has 2 aliphatic heterocycles. The second-order valence-electron chi connectivity index (χ2n) is 7.45. The predicted octanol–water partition coefficient (Wildman–Crippen LogP) is 3.16. The summed E-state index contributed by atoms with van der Waals surface area (Å²) in [5.41, 5.74) is 0.770. The van der Waals surface area contributed by atoms with Crippen LogP contribution in [0.3, 0.4) is 0 Å². The second kappa shape index (κ2) is 7.16.